The molecule has 8 nitrogen and oxygen atoms in total. The van der Waals surface area contributed by atoms with E-state index in [-0.39, 0.29) is 36.2 Å². The van der Waals surface area contributed by atoms with Gasteiger partial charge in [0.05, 0.1) is 11.8 Å². The van der Waals surface area contributed by atoms with Crippen molar-refractivity contribution in [3.8, 4) is 0 Å². The van der Waals surface area contributed by atoms with Crippen LogP contribution in [-0.2, 0) is 27.4 Å². The van der Waals surface area contributed by atoms with E-state index in [0.717, 1.165) is 38.8 Å². The Labute approximate surface area is 214 Å². The van der Waals surface area contributed by atoms with E-state index in [1.807, 2.05) is 6.92 Å². The van der Waals surface area contributed by atoms with E-state index in [2.05, 4.69) is 50.6 Å². The average molecular weight is 499 g/mol. The normalized spacial score (nSPS) is 20.9. The summed E-state index contributed by atoms with van der Waals surface area (Å²) in [5, 5.41) is 16.7. The number of aliphatic hydroxyl groups is 1. The Kier molecular flexibility index (Phi) is 9.40. The highest BCUT2D eigenvalue weighted by molar-refractivity contribution is 5.86. The first-order chi connectivity index (χ1) is 17.5. The number of para-hydroxylation sites is 1. The zero-order valence-corrected chi connectivity index (χ0v) is 21.7. The molecule has 2 aliphatic rings. The van der Waals surface area contributed by atoms with Gasteiger partial charge in [-0.15, -0.1) is 0 Å². The molecule has 36 heavy (non-hydrogen) atoms. The summed E-state index contributed by atoms with van der Waals surface area (Å²) in [7, 11) is 1.73. The number of fused-ring (bicyclic) bond motifs is 1. The Morgan fingerprint density at radius 1 is 1.25 bits per heavy atom. The number of benzene rings is 1. The van der Waals surface area contributed by atoms with Crippen LogP contribution in [0.2, 0.25) is 0 Å². The van der Waals surface area contributed by atoms with E-state index in [0.29, 0.717) is 38.6 Å². The van der Waals surface area contributed by atoms with Crippen LogP contribution in [0.1, 0.15) is 44.6 Å². The molecule has 1 saturated carbocycles. The first-order valence-electron chi connectivity index (χ1n) is 13.5. The minimum absolute atomic E-state index is 0.00207. The number of rotatable bonds is 13. The van der Waals surface area contributed by atoms with Crippen molar-refractivity contribution in [2.45, 2.75) is 58.2 Å². The van der Waals surface area contributed by atoms with Crippen molar-refractivity contribution in [3.05, 3.63) is 36.0 Å². The number of aryl methyl sites for hydroxylation is 1. The van der Waals surface area contributed by atoms with Crippen molar-refractivity contribution >= 4 is 22.7 Å². The number of amides is 2. The van der Waals surface area contributed by atoms with Crippen LogP contribution in [0, 0.1) is 17.8 Å². The zero-order chi connectivity index (χ0) is 25.5. The molecule has 4 rings (SSSR count). The number of ether oxygens (including phenoxy) is 1. The molecule has 1 aliphatic carbocycles. The van der Waals surface area contributed by atoms with Crippen molar-refractivity contribution < 1.29 is 19.4 Å². The second-order valence-corrected chi connectivity index (χ2v) is 10.6. The molecule has 2 fully saturated rings. The molecule has 0 spiro atoms. The molecule has 3 atom stereocenters. The molecule has 8 heteroatoms. The summed E-state index contributed by atoms with van der Waals surface area (Å²) < 4.78 is 7.51. The van der Waals surface area contributed by atoms with Crippen molar-refractivity contribution in [1.82, 2.24) is 20.1 Å². The van der Waals surface area contributed by atoms with Gasteiger partial charge in [0, 0.05) is 76.2 Å². The predicted octanol–water partition coefficient (Wildman–Crippen LogP) is 2.53. The van der Waals surface area contributed by atoms with Gasteiger partial charge < -0.3 is 29.9 Å². The first-order valence-corrected chi connectivity index (χ1v) is 13.5. The molecule has 0 bridgehead atoms. The van der Waals surface area contributed by atoms with E-state index < -0.39 is 0 Å². The lowest BCUT2D eigenvalue weighted by Gasteiger charge is -2.33. The lowest BCUT2D eigenvalue weighted by atomic mass is 9.88. The van der Waals surface area contributed by atoms with Gasteiger partial charge in [0.25, 0.3) is 0 Å². The molecular weight excluding hydrogens is 456 g/mol. The minimum atomic E-state index is -0.208. The van der Waals surface area contributed by atoms with Crippen molar-refractivity contribution in [3.63, 3.8) is 0 Å². The number of aliphatic hydroxyl groups excluding tert-OH is 1. The highest BCUT2D eigenvalue weighted by Gasteiger charge is 2.39. The number of nitrogens with zero attached hydrogens (tertiary/aromatic N) is 2. The molecule has 1 aliphatic heterocycles. The Bertz CT molecular complexity index is 1020. The number of piperidine rings is 1. The summed E-state index contributed by atoms with van der Waals surface area (Å²) in [6.45, 7) is 6.07. The molecule has 0 radical (unpaired) electrons. The van der Waals surface area contributed by atoms with Crippen LogP contribution >= 0.6 is 0 Å². The fraction of sp³-hybridized carbons (Fsp3) is 0.643. The maximum Gasteiger partial charge on any atom is 0.227 e. The molecule has 3 N–H and O–H groups in total. The maximum atomic E-state index is 13.8. The van der Waals surface area contributed by atoms with E-state index in [9.17, 15) is 14.7 Å². The van der Waals surface area contributed by atoms with Gasteiger partial charge in [0.15, 0.2) is 0 Å². The van der Waals surface area contributed by atoms with Crippen molar-refractivity contribution in [2.75, 3.05) is 40.0 Å². The van der Waals surface area contributed by atoms with Crippen LogP contribution in [-0.4, -0.2) is 72.4 Å². The maximum absolute atomic E-state index is 13.8. The van der Waals surface area contributed by atoms with E-state index >= 15 is 0 Å². The molecule has 1 saturated heterocycles. The smallest absolute Gasteiger partial charge is 0.227 e. The van der Waals surface area contributed by atoms with Gasteiger partial charge >= 0.3 is 0 Å². The Morgan fingerprint density at radius 2 is 2.03 bits per heavy atom. The highest BCUT2D eigenvalue weighted by Crippen LogP contribution is 2.33. The van der Waals surface area contributed by atoms with Gasteiger partial charge in [-0.1, -0.05) is 25.1 Å². The number of aromatic nitrogens is 1. The number of carbonyl (C=O) groups is 2. The SMILES string of the molecule is COCCCn1cc(CN(C(=O)[C@H]2CNC[C@@H](C(=O)NCCC(C)CO)C2)C2CC2)c2ccccc21. The largest absolute Gasteiger partial charge is 0.396 e. The Balaban J connectivity index is 1.42. The summed E-state index contributed by atoms with van der Waals surface area (Å²) in [6, 6.07) is 8.70. The van der Waals surface area contributed by atoms with Crippen LogP contribution in [0.4, 0.5) is 0 Å². The van der Waals surface area contributed by atoms with Crippen LogP contribution < -0.4 is 10.6 Å². The van der Waals surface area contributed by atoms with Crippen LogP contribution in [0.5, 0.6) is 0 Å². The van der Waals surface area contributed by atoms with E-state index in [1.165, 1.54) is 16.5 Å². The molecule has 2 amide bonds. The summed E-state index contributed by atoms with van der Waals surface area (Å²) in [6.07, 6.45) is 6.56. The van der Waals surface area contributed by atoms with Gasteiger partial charge in [-0.05, 0) is 49.7 Å². The van der Waals surface area contributed by atoms with Crippen LogP contribution in [0.25, 0.3) is 10.9 Å². The topological polar surface area (TPSA) is 95.8 Å². The van der Waals surface area contributed by atoms with Crippen LogP contribution in [0.15, 0.2) is 30.5 Å². The summed E-state index contributed by atoms with van der Waals surface area (Å²) in [5.74, 6) is -0.0700. The van der Waals surface area contributed by atoms with Crippen molar-refractivity contribution in [2.24, 2.45) is 17.8 Å². The van der Waals surface area contributed by atoms with Crippen molar-refractivity contribution in [1.29, 1.82) is 0 Å². The molecule has 198 valence electrons. The molecule has 2 heterocycles. The number of carbonyl (C=O) groups excluding carboxylic acids is 2. The fourth-order valence-corrected chi connectivity index (χ4v) is 5.21. The number of methoxy groups -OCH3 is 1. The van der Waals surface area contributed by atoms with Gasteiger partial charge in [-0.3, -0.25) is 9.59 Å². The van der Waals surface area contributed by atoms with Gasteiger partial charge in [-0.2, -0.15) is 0 Å². The van der Waals surface area contributed by atoms with Gasteiger partial charge in [0.1, 0.15) is 0 Å². The zero-order valence-electron chi connectivity index (χ0n) is 21.7. The minimum Gasteiger partial charge on any atom is -0.396 e. The summed E-state index contributed by atoms with van der Waals surface area (Å²) >= 11 is 0. The van der Waals surface area contributed by atoms with Crippen LogP contribution in [0.3, 0.4) is 0 Å². The summed E-state index contributed by atoms with van der Waals surface area (Å²) in [5.41, 5.74) is 2.37. The number of hydrogen-bond donors (Lipinski definition) is 3. The van der Waals surface area contributed by atoms with Gasteiger partial charge in [0.2, 0.25) is 11.8 Å². The third kappa shape index (κ3) is 6.66. The number of nitrogens with one attached hydrogen (secondary N) is 2. The molecule has 1 aromatic heterocycles. The quantitative estimate of drug-likeness (QED) is 0.369. The lowest BCUT2D eigenvalue weighted by molar-refractivity contribution is -0.138. The second kappa shape index (κ2) is 12.7. The Hall–Kier alpha value is -2.42. The predicted molar refractivity (Wildman–Crippen MR) is 140 cm³/mol. The van der Waals surface area contributed by atoms with E-state index in [4.69, 9.17) is 4.74 Å². The van der Waals surface area contributed by atoms with E-state index in [1.54, 1.807) is 7.11 Å². The first kappa shape index (κ1) is 26.6. The Morgan fingerprint density at radius 3 is 2.78 bits per heavy atom. The highest BCUT2D eigenvalue weighted by atomic mass is 16.5. The lowest BCUT2D eigenvalue weighted by Crippen LogP contribution is -2.49. The second-order valence-electron chi connectivity index (χ2n) is 10.6. The van der Waals surface area contributed by atoms with Gasteiger partial charge in [-0.25, -0.2) is 0 Å². The third-order valence-electron chi connectivity index (χ3n) is 7.55. The fourth-order valence-electron chi connectivity index (χ4n) is 5.21. The standard InChI is InChI=1S/C28H42N4O4/c1-20(19-33)10-11-30-27(34)21-14-22(16-29-15-21)28(35)32(24-8-9-24)18-23-17-31(12-5-13-36-2)26-7-4-3-6-25(23)26/h3-4,6-7,17,20-22,24,29,33H,5,8-16,18-19H2,1-2H3,(H,30,34)/t20?,21-,22+/m0/s1. The molecule has 2 aromatic rings. The number of hydrogen-bond acceptors (Lipinski definition) is 5. The summed E-state index contributed by atoms with van der Waals surface area (Å²) in [4.78, 5) is 28.6. The molecule has 1 aromatic carbocycles. The average Bonchev–Trinajstić information content (AvgIpc) is 3.69. The molecule has 1 unspecified atom stereocenters. The molecular formula is C28H42N4O4. The third-order valence-corrected chi connectivity index (χ3v) is 7.55. The monoisotopic (exact) mass is 498 g/mol.